The van der Waals surface area contributed by atoms with Crippen molar-refractivity contribution in [2.45, 2.75) is 43.3 Å². The smallest absolute Gasteiger partial charge is 0.311 e. The highest BCUT2D eigenvalue weighted by Gasteiger charge is 2.22. The standard InChI is InChI=1S/C15H20O2S/c16-15(17)14(12-7-3-1-4-8-12)11-18-13-9-5-2-6-10-13/h1,3-4,7-8,13-14H,2,5-6,9-11H2,(H,16,17). The van der Waals surface area contributed by atoms with E-state index in [0.29, 0.717) is 11.0 Å². The Kier molecular flexibility index (Phi) is 5.12. The van der Waals surface area contributed by atoms with Crippen LogP contribution in [0.4, 0.5) is 0 Å². The van der Waals surface area contributed by atoms with E-state index < -0.39 is 5.97 Å². The van der Waals surface area contributed by atoms with Crippen molar-refractivity contribution < 1.29 is 9.90 Å². The third-order valence-corrected chi connectivity index (χ3v) is 5.02. The molecule has 0 spiro atoms. The second-order valence-electron chi connectivity index (χ2n) is 4.89. The van der Waals surface area contributed by atoms with Crippen LogP contribution in [0.3, 0.4) is 0 Å². The summed E-state index contributed by atoms with van der Waals surface area (Å²) < 4.78 is 0. The molecule has 0 aliphatic heterocycles. The number of carboxylic acids is 1. The van der Waals surface area contributed by atoms with Crippen LogP contribution in [0.1, 0.15) is 43.6 Å². The minimum Gasteiger partial charge on any atom is -0.481 e. The van der Waals surface area contributed by atoms with Gasteiger partial charge in [-0.05, 0) is 18.4 Å². The maximum absolute atomic E-state index is 11.4. The van der Waals surface area contributed by atoms with Gasteiger partial charge in [-0.2, -0.15) is 11.8 Å². The Bertz CT molecular complexity index is 371. The number of hydrogen-bond acceptors (Lipinski definition) is 2. The van der Waals surface area contributed by atoms with Gasteiger partial charge in [-0.25, -0.2) is 0 Å². The number of carboxylic acid groups (broad SMARTS) is 1. The van der Waals surface area contributed by atoms with Gasteiger partial charge in [0.05, 0.1) is 5.92 Å². The van der Waals surface area contributed by atoms with Crippen molar-refractivity contribution in [1.29, 1.82) is 0 Å². The van der Waals surface area contributed by atoms with E-state index >= 15 is 0 Å². The number of rotatable bonds is 5. The molecule has 1 fully saturated rings. The molecule has 0 amide bonds. The fourth-order valence-electron chi connectivity index (χ4n) is 2.46. The van der Waals surface area contributed by atoms with Crippen LogP contribution < -0.4 is 0 Å². The van der Waals surface area contributed by atoms with Gasteiger partial charge in [0, 0.05) is 11.0 Å². The van der Waals surface area contributed by atoms with Crippen molar-refractivity contribution in [1.82, 2.24) is 0 Å². The van der Waals surface area contributed by atoms with Crippen molar-refractivity contribution in [2.24, 2.45) is 0 Å². The predicted octanol–water partition coefficient (Wildman–Crippen LogP) is 3.92. The van der Waals surface area contributed by atoms with Crippen molar-refractivity contribution in [3.63, 3.8) is 0 Å². The highest BCUT2D eigenvalue weighted by Crippen LogP contribution is 2.31. The van der Waals surface area contributed by atoms with Crippen LogP contribution in [0, 0.1) is 0 Å². The lowest BCUT2D eigenvalue weighted by Crippen LogP contribution is -2.17. The van der Waals surface area contributed by atoms with Gasteiger partial charge in [0.15, 0.2) is 0 Å². The third-order valence-electron chi connectivity index (χ3n) is 3.55. The topological polar surface area (TPSA) is 37.3 Å². The average molecular weight is 264 g/mol. The Morgan fingerprint density at radius 2 is 1.89 bits per heavy atom. The summed E-state index contributed by atoms with van der Waals surface area (Å²) in [5.41, 5.74) is 0.924. The Morgan fingerprint density at radius 3 is 2.50 bits per heavy atom. The molecule has 0 saturated heterocycles. The van der Waals surface area contributed by atoms with Gasteiger partial charge in [-0.3, -0.25) is 4.79 Å². The summed E-state index contributed by atoms with van der Waals surface area (Å²) in [6.45, 7) is 0. The zero-order valence-electron chi connectivity index (χ0n) is 10.5. The van der Waals surface area contributed by atoms with E-state index in [-0.39, 0.29) is 5.92 Å². The number of thioether (sulfide) groups is 1. The van der Waals surface area contributed by atoms with Crippen molar-refractivity contribution >= 4 is 17.7 Å². The Morgan fingerprint density at radius 1 is 1.22 bits per heavy atom. The summed E-state index contributed by atoms with van der Waals surface area (Å²) in [6, 6.07) is 9.59. The van der Waals surface area contributed by atoms with Crippen molar-refractivity contribution in [3.8, 4) is 0 Å². The van der Waals surface area contributed by atoms with Crippen LogP contribution in [0.15, 0.2) is 30.3 Å². The van der Waals surface area contributed by atoms with Crippen LogP contribution >= 0.6 is 11.8 Å². The Labute approximate surface area is 113 Å². The van der Waals surface area contributed by atoms with Crippen molar-refractivity contribution in [2.75, 3.05) is 5.75 Å². The van der Waals surface area contributed by atoms with Crippen LogP contribution in [-0.2, 0) is 4.79 Å². The minimum atomic E-state index is -0.704. The van der Waals surface area contributed by atoms with Crippen LogP contribution in [0.2, 0.25) is 0 Å². The highest BCUT2D eigenvalue weighted by atomic mass is 32.2. The fourth-order valence-corrected chi connectivity index (χ4v) is 3.93. The summed E-state index contributed by atoms with van der Waals surface area (Å²) in [6.07, 6.45) is 6.47. The molecule has 1 unspecified atom stereocenters. The molecule has 1 aromatic rings. The first kappa shape index (κ1) is 13.5. The SMILES string of the molecule is O=C(O)C(CSC1CCCCC1)c1ccccc1. The van der Waals surface area contributed by atoms with E-state index in [1.807, 2.05) is 42.1 Å². The maximum atomic E-state index is 11.4. The minimum absolute atomic E-state index is 0.363. The van der Waals surface area contributed by atoms with Gasteiger partial charge in [0.25, 0.3) is 0 Å². The highest BCUT2D eigenvalue weighted by molar-refractivity contribution is 7.99. The molecular weight excluding hydrogens is 244 g/mol. The monoisotopic (exact) mass is 264 g/mol. The van der Waals surface area contributed by atoms with Gasteiger partial charge in [0.1, 0.15) is 0 Å². The largest absolute Gasteiger partial charge is 0.481 e. The zero-order valence-corrected chi connectivity index (χ0v) is 11.4. The summed E-state index contributed by atoms with van der Waals surface area (Å²) in [5.74, 6) is -0.369. The summed E-state index contributed by atoms with van der Waals surface area (Å²) >= 11 is 1.85. The molecule has 1 N–H and O–H groups in total. The van der Waals surface area contributed by atoms with Crippen LogP contribution in [0.25, 0.3) is 0 Å². The molecule has 1 saturated carbocycles. The fraction of sp³-hybridized carbons (Fsp3) is 0.533. The molecule has 0 heterocycles. The van der Waals surface area contributed by atoms with E-state index in [1.54, 1.807) is 0 Å². The summed E-state index contributed by atoms with van der Waals surface area (Å²) in [4.78, 5) is 11.4. The molecule has 18 heavy (non-hydrogen) atoms. The average Bonchev–Trinajstić information content (AvgIpc) is 2.41. The van der Waals surface area contributed by atoms with Crippen LogP contribution in [0.5, 0.6) is 0 Å². The molecular formula is C15H20O2S. The molecule has 0 aromatic heterocycles. The first-order valence-corrected chi connectivity index (χ1v) is 7.71. The maximum Gasteiger partial charge on any atom is 0.311 e. The molecule has 1 aromatic carbocycles. The van der Waals surface area contributed by atoms with Gasteiger partial charge in [-0.1, -0.05) is 49.6 Å². The molecule has 3 heteroatoms. The second-order valence-corrected chi connectivity index (χ2v) is 6.23. The molecule has 1 atom stereocenters. The molecule has 0 radical (unpaired) electrons. The lowest BCUT2D eigenvalue weighted by atomic mass is 10.0. The van der Waals surface area contributed by atoms with E-state index in [0.717, 1.165) is 5.56 Å². The lowest BCUT2D eigenvalue weighted by molar-refractivity contribution is -0.138. The van der Waals surface area contributed by atoms with Gasteiger partial charge < -0.3 is 5.11 Å². The van der Waals surface area contributed by atoms with E-state index in [9.17, 15) is 9.90 Å². The lowest BCUT2D eigenvalue weighted by Gasteiger charge is -2.22. The predicted molar refractivity (Wildman–Crippen MR) is 76.1 cm³/mol. The first-order valence-electron chi connectivity index (χ1n) is 6.66. The first-order chi connectivity index (χ1) is 8.77. The molecule has 1 aliphatic carbocycles. The normalized spacial score (nSPS) is 18.4. The Hall–Kier alpha value is -0.960. The van der Waals surface area contributed by atoms with Gasteiger partial charge in [-0.15, -0.1) is 0 Å². The van der Waals surface area contributed by atoms with E-state index in [4.69, 9.17) is 0 Å². The number of benzene rings is 1. The zero-order chi connectivity index (χ0) is 12.8. The molecule has 1 aliphatic rings. The Balaban J connectivity index is 1.92. The number of hydrogen-bond donors (Lipinski definition) is 1. The van der Waals surface area contributed by atoms with E-state index in [2.05, 4.69) is 0 Å². The summed E-state index contributed by atoms with van der Waals surface area (Å²) in [7, 11) is 0. The van der Waals surface area contributed by atoms with Gasteiger partial charge >= 0.3 is 5.97 Å². The van der Waals surface area contributed by atoms with Crippen LogP contribution in [-0.4, -0.2) is 22.1 Å². The number of aliphatic carboxylic acids is 1. The molecule has 98 valence electrons. The molecule has 2 nitrogen and oxygen atoms in total. The third kappa shape index (κ3) is 3.77. The quantitative estimate of drug-likeness (QED) is 0.875. The number of carbonyl (C=O) groups is 1. The molecule has 2 rings (SSSR count). The van der Waals surface area contributed by atoms with Crippen molar-refractivity contribution in [3.05, 3.63) is 35.9 Å². The second kappa shape index (κ2) is 6.83. The molecule has 0 bridgehead atoms. The van der Waals surface area contributed by atoms with Gasteiger partial charge in [0.2, 0.25) is 0 Å². The summed E-state index contributed by atoms with van der Waals surface area (Å²) in [5, 5.41) is 10.0. The van der Waals surface area contributed by atoms with E-state index in [1.165, 1.54) is 32.1 Å².